The first-order valence-corrected chi connectivity index (χ1v) is 5.95. The molecule has 5 heteroatoms. The number of hydrogen-bond acceptors (Lipinski definition) is 2. The number of halogens is 2. The minimum atomic E-state index is 0.00833. The van der Waals surface area contributed by atoms with Crippen LogP contribution in [0.5, 0.6) is 0 Å². The number of amides is 1. The number of hydrogen-bond donors (Lipinski definition) is 1. The third kappa shape index (κ3) is 1.29. The molecule has 1 fully saturated rings. The SMILES string of the molecule is O=C1c2c(ccc(Cl)c2Cl)C2CNCCN12. The van der Waals surface area contributed by atoms with Crippen LogP contribution in [0.2, 0.25) is 10.0 Å². The zero-order chi connectivity index (χ0) is 11.3. The summed E-state index contributed by atoms with van der Waals surface area (Å²) in [5, 5.41) is 4.12. The maximum absolute atomic E-state index is 12.2. The van der Waals surface area contributed by atoms with Gasteiger partial charge in [-0.15, -0.1) is 0 Å². The molecule has 1 amide bonds. The molecule has 3 rings (SSSR count). The molecular weight excluding hydrogens is 247 g/mol. The van der Waals surface area contributed by atoms with Crippen LogP contribution in [0.4, 0.5) is 0 Å². The molecule has 0 bridgehead atoms. The Balaban J connectivity index is 2.17. The number of fused-ring (bicyclic) bond motifs is 3. The van der Waals surface area contributed by atoms with Gasteiger partial charge in [-0.25, -0.2) is 0 Å². The summed E-state index contributed by atoms with van der Waals surface area (Å²) in [6.07, 6.45) is 0. The molecule has 84 valence electrons. The minimum Gasteiger partial charge on any atom is -0.329 e. The number of carbonyl (C=O) groups excluding carboxylic acids is 1. The predicted octanol–water partition coefficient (Wildman–Crippen LogP) is 2.09. The van der Waals surface area contributed by atoms with Crippen LogP contribution in [0.25, 0.3) is 0 Å². The Morgan fingerprint density at radius 2 is 2.19 bits per heavy atom. The molecule has 2 aliphatic heterocycles. The van der Waals surface area contributed by atoms with Gasteiger partial charge in [0.25, 0.3) is 5.91 Å². The number of nitrogens with one attached hydrogen (secondary N) is 1. The van der Waals surface area contributed by atoms with Crippen LogP contribution >= 0.6 is 23.2 Å². The summed E-state index contributed by atoms with van der Waals surface area (Å²) in [6, 6.07) is 3.78. The van der Waals surface area contributed by atoms with Crippen molar-refractivity contribution >= 4 is 29.1 Å². The van der Waals surface area contributed by atoms with Gasteiger partial charge >= 0.3 is 0 Å². The van der Waals surface area contributed by atoms with E-state index in [0.29, 0.717) is 15.6 Å². The molecule has 16 heavy (non-hydrogen) atoms. The van der Waals surface area contributed by atoms with Gasteiger partial charge in [0, 0.05) is 19.6 Å². The third-order valence-electron chi connectivity index (χ3n) is 3.20. The van der Waals surface area contributed by atoms with Crippen LogP contribution in [0.15, 0.2) is 12.1 Å². The van der Waals surface area contributed by atoms with Crippen molar-refractivity contribution in [2.45, 2.75) is 6.04 Å². The number of rotatable bonds is 0. The molecule has 1 aromatic carbocycles. The molecule has 0 radical (unpaired) electrons. The summed E-state index contributed by atoms with van der Waals surface area (Å²) in [6.45, 7) is 2.35. The smallest absolute Gasteiger partial charge is 0.256 e. The molecule has 0 aliphatic carbocycles. The normalized spacial score (nSPS) is 23.2. The van der Waals surface area contributed by atoms with E-state index in [1.165, 1.54) is 0 Å². The van der Waals surface area contributed by atoms with Gasteiger partial charge < -0.3 is 10.2 Å². The van der Waals surface area contributed by atoms with E-state index in [-0.39, 0.29) is 11.9 Å². The number of piperazine rings is 1. The lowest BCUT2D eigenvalue weighted by Gasteiger charge is -2.30. The number of nitrogens with zero attached hydrogens (tertiary/aromatic N) is 1. The van der Waals surface area contributed by atoms with Gasteiger partial charge in [0.15, 0.2) is 0 Å². The predicted molar refractivity (Wildman–Crippen MR) is 63.1 cm³/mol. The first kappa shape index (κ1) is 10.4. The summed E-state index contributed by atoms with van der Waals surface area (Å²) in [4.78, 5) is 14.0. The molecule has 1 atom stereocenters. The highest BCUT2D eigenvalue weighted by molar-refractivity contribution is 6.44. The minimum absolute atomic E-state index is 0.00833. The van der Waals surface area contributed by atoms with E-state index in [1.807, 2.05) is 11.0 Å². The topological polar surface area (TPSA) is 32.3 Å². The highest BCUT2D eigenvalue weighted by atomic mass is 35.5. The molecule has 2 heterocycles. The molecule has 2 aliphatic rings. The van der Waals surface area contributed by atoms with Crippen molar-refractivity contribution < 1.29 is 4.79 Å². The Morgan fingerprint density at radius 3 is 3.00 bits per heavy atom. The first-order chi connectivity index (χ1) is 7.70. The van der Waals surface area contributed by atoms with Gasteiger partial charge in [0.2, 0.25) is 0 Å². The standard InChI is InChI=1S/C11H10Cl2N2O/c12-7-2-1-6-8-5-14-3-4-15(8)11(16)9(6)10(7)13/h1-2,8,14H,3-5H2. The fraction of sp³-hybridized carbons (Fsp3) is 0.364. The van der Waals surface area contributed by atoms with E-state index in [0.717, 1.165) is 25.2 Å². The summed E-state index contributed by atoms with van der Waals surface area (Å²) in [7, 11) is 0. The van der Waals surface area contributed by atoms with Gasteiger partial charge in [-0.05, 0) is 11.6 Å². The molecule has 1 unspecified atom stereocenters. The Morgan fingerprint density at radius 1 is 1.38 bits per heavy atom. The molecule has 3 nitrogen and oxygen atoms in total. The lowest BCUT2D eigenvalue weighted by molar-refractivity contribution is 0.0691. The summed E-state index contributed by atoms with van der Waals surface area (Å²) in [5.41, 5.74) is 1.58. The average molecular weight is 257 g/mol. The fourth-order valence-corrected chi connectivity index (χ4v) is 2.84. The lowest BCUT2D eigenvalue weighted by atomic mass is 10.0. The second kappa shape index (κ2) is 3.62. The van der Waals surface area contributed by atoms with Crippen molar-refractivity contribution in [1.29, 1.82) is 0 Å². The second-order valence-electron chi connectivity index (χ2n) is 4.04. The van der Waals surface area contributed by atoms with Gasteiger partial charge in [-0.1, -0.05) is 29.3 Å². The van der Waals surface area contributed by atoms with E-state index >= 15 is 0 Å². The van der Waals surface area contributed by atoms with Gasteiger partial charge in [0.1, 0.15) is 0 Å². The molecular formula is C11H10Cl2N2O. The molecule has 0 spiro atoms. The van der Waals surface area contributed by atoms with Crippen molar-refractivity contribution in [2.75, 3.05) is 19.6 Å². The van der Waals surface area contributed by atoms with Crippen LogP contribution in [0, 0.1) is 0 Å². The number of carbonyl (C=O) groups is 1. The highest BCUT2D eigenvalue weighted by Gasteiger charge is 2.39. The van der Waals surface area contributed by atoms with Crippen LogP contribution in [0.1, 0.15) is 22.0 Å². The Hall–Kier alpha value is -0.770. The maximum atomic E-state index is 12.2. The van der Waals surface area contributed by atoms with Gasteiger partial charge in [0.05, 0.1) is 21.7 Å². The van der Waals surface area contributed by atoms with Crippen molar-refractivity contribution in [2.24, 2.45) is 0 Å². The molecule has 0 saturated carbocycles. The fourth-order valence-electron chi connectivity index (χ4n) is 2.43. The van der Waals surface area contributed by atoms with Crippen molar-refractivity contribution in [3.63, 3.8) is 0 Å². The Labute approximate surface area is 103 Å². The van der Waals surface area contributed by atoms with E-state index < -0.39 is 0 Å². The largest absolute Gasteiger partial charge is 0.329 e. The maximum Gasteiger partial charge on any atom is 0.256 e. The molecule has 1 aromatic rings. The highest BCUT2D eigenvalue weighted by Crippen LogP contribution is 2.40. The quantitative estimate of drug-likeness (QED) is 0.771. The summed E-state index contributed by atoms with van der Waals surface area (Å²) >= 11 is 12.0. The zero-order valence-electron chi connectivity index (χ0n) is 8.46. The monoisotopic (exact) mass is 256 g/mol. The summed E-state index contributed by atoms with van der Waals surface area (Å²) < 4.78 is 0. The summed E-state index contributed by atoms with van der Waals surface area (Å²) in [5.74, 6) is 0.00833. The van der Waals surface area contributed by atoms with E-state index in [4.69, 9.17) is 23.2 Å². The van der Waals surface area contributed by atoms with Crippen molar-refractivity contribution in [1.82, 2.24) is 10.2 Å². The van der Waals surface area contributed by atoms with Crippen LogP contribution < -0.4 is 5.32 Å². The van der Waals surface area contributed by atoms with E-state index in [9.17, 15) is 4.79 Å². The van der Waals surface area contributed by atoms with Crippen molar-refractivity contribution in [3.05, 3.63) is 33.3 Å². The molecule has 0 aromatic heterocycles. The zero-order valence-corrected chi connectivity index (χ0v) is 9.98. The Kier molecular flexibility index (Phi) is 2.35. The van der Waals surface area contributed by atoms with Crippen LogP contribution in [0.3, 0.4) is 0 Å². The Bertz CT molecular complexity index is 475. The van der Waals surface area contributed by atoms with E-state index in [2.05, 4.69) is 5.32 Å². The molecule has 1 N–H and O–H groups in total. The van der Waals surface area contributed by atoms with Crippen LogP contribution in [-0.2, 0) is 0 Å². The lowest BCUT2D eigenvalue weighted by Crippen LogP contribution is -2.44. The second-order valence-corrected chi connectivity index (χ2v) is 4.83. The first-order valence-electron chi connectivity index (χ1n) is 5.19. The van der Waals surface area contributed by atoms with Crippen LogP contribution in [-0.4, -0.2) is 30.4 Å². The third-order valence-corrected chi connectivity index (χ3v) is 4.01. The van der Waals surface area contributed by atoms with Gasteiger partial charge in [-0.3, -0.25) is 4.79 Å². The van der Waals surface area contributed by atoms with E-state index in [1.54, 1.807) is 6.07 Å². The van der Waals surface area contributed by atoms with Crippen molar-refractivity contribution in [3.8, 4) is 0 Å². The van der Waals surface area contributed by atoms with Gasteiger partial charge in [-0.2, -0.15) is 0 Å². The molecule has 1 saturated heterocycles. The number of benzene rings is 1. The average Bonchev–Trinajstić information content (AvgIpc) is 2.59.